The van der Waals surface area contributed by atoms with E-state index in [2.05, 4.69) is 39.0 Å². The maximum absolute atomic E-state index is 11.7. The van der Waals surface area contributed by atoms with Gasteiger partial charge in [-0.05, 0) is 24.6 Å². The first kappa shape index (κ1) is 16.3. The zero-order valence-electron chi connectivity index (χ0n) is 12.7. The third-order valence-corrected chi connectivity index (χ3v) is 8.47. The van der Waals surface area contributed by atoms with Crippen LogP contribution in [0.5, 0.6) is 0 Å². The van der Waals surface area contributed by atoms with Crippen LogP contribution >= 0.6 is 0 Å². The molecule has 0 radical (unpaired) electrons. The number of hydrazone groups is 1. The molecule has 0 bridgehead atoms. The molecule has 1 heterocycles. The van der Waals surface area contributed by atoms with Crippen LogP contribution in [0, 0.1) is 0 Å². The second-order valence-electron chi connectivity index (χ2n) is 6.45. The van der Waals surface area contributed by atoms with E-state index >= 15 is 0 Å². The van der Waals surface area contributed by atoms with Crippen molar-refractivity contribution < 1.29 is 14.3 Å². The number of amides is 1. The van der Waals surface area contributed by atoms with Crippen LogP contribution in [0.25, 0.3) is 0 Å². The third-order valence-electron chi connectivity index (χ3n) is 3.93. The Morgan fingerprint density at radius 2 is 2.00 bits per heavy atom. The van der Waals surface area contributed by atoms with Crippen LogP contribution in [-0.2, 0) is 9.22 Å². The highest BCUT2D eigenvalue weighted by Crippen LogP contribution is 2.36. The average Bonchev–Trinajstić information content (AvgIpc) is 2.30. The summed E-state index contributed by atoms with van der Waals surface area (Å²) in [6, 6.07) is 0. The minimum atomic E-state index is -1.77. The number of aliphatic hydroxyl groups excluding tert-OH is 1. The lowest BCUT2D eigenvalue weighted by Crippen LogP contribution is -2.43. The van der Waals surface area contributed by atoms with Crippen molar-refractivity contribution in [2.45, 2.75) is 51.7 Å². The van der Waals surface area contributed by atoms with E-state index in [1.165, 1.54) is 5.01 Å². The van der Waals surface area contributed by atoms with Crippen molar-refractivity contribution in [2.75, 3.05) is 19.8 Å². The first-order valence-electron chi connectivity index (χ1n) is 6.79. The highest BCUT2D eigenvalue weighted by Gasteiger charge is 2.37. The van der Waals surface area contributed by atoms with Crippen LogP contribution in [0.2, 0.25) is 18.1 Å². The van der Waals surface area contributed by atoms with E-state index in [4.69, 9.17) is 9.53 Å². The van der Waals surface area contributed by atoms with Gasteiger partial charge < -0.3 is 9.53 Å². The van der Waals surface area contributed by atoms with E-state index in [1.54, 1.807) is 0 Å². The van der Waals surface area contributed by atoms with Crippen LogP contribution < -0.4 is 0 Å². The van der Waals surface area contributed by atoms with E-state index in [-0.39, 0.29) is 17.6 Å². The lowest BCUT2D eigenvalue weighted by molar-refractivity contribution is -0.132. The van der Waals surface area contributed by atoms with Gasteiger partial charge in [0.2, 0.25) is 5.91 Å². The highest BCUT2D eigenvalue weighted by atomic mass is 28.4. The standard InChI is InChI=1S/C13H26N2O3Si/c1-13(2,3)19(4,5)18-9-8-15-12(17)7-6-11(10-16)14-15/h16H,6-10H2,1-5H3. The van der Waals surface area contributed by atoms with Crippen molar-refractivity contribution >= 4 is 19.9 Å². The van der Waals surface area contributed by atoms with E-state index in [9.17, 15) is 4.79 Å². The minimum Gasteiger partial charge on any atom is -0.415 e. The van der Waals surface area contributed by atoms with Gasteiger partial charge in [-0.15, -0.1) is 0 Å². The fourth-order valence-corrected chi connectivity index (χ4v) is 2.58. The molecule has 0 saturated heterocycles. The van der Waals surface area contributed by atoms with Crippen molar-refractivity contribution in [2.24, 2.45) is 5.10 Å². The summed E-state index contributed by atoms with van der Waals surface area (Å²) in [6.45, 7) is 11.8. The summed E-state index contributed by atoms with van der Waals surface area (Å²) in [4.78, 5) is 11.7. The average molecular weight is 286 g/mol. The Balaban J connectivity index is 2.51. The first-order chi connectivity index (χ1) is 8.67. The Morgan fingerprint density at radius 1 is 1.37 bits per heavy atom. The van der Waals surface area contributed by atoms with Crippen molar-refractivity contribution in [3.05, 3.63) is 0 Å². The summed E-state index contributed by atoms with van der Waals surface area (Å²) in [5.74, 6) is 0.0102. The molecule has 0 aliphatic carbocycles. The molecule has 1 aliphatic rings. The smallest absolute Gasteiger partial charge is 0.243 e. The molecule has 1 aliphatic heterocycles. The number of nitrogens with zero attached hydrogens (tertiary/aromatic N) is 2. The van der Waals surface area contributed by atoms with Gasteiger partial charge >= 0.3 is 0 Å². The molecule has 0 unspecified atom stereocenters. The zero-order valence-corrected chi connectivity index (χ0v) is 13.7. The van der Waals surface area contributed by atoms with Gasteiger partial charge in [0.15, 0.2) is 8.32 Å². The van der Waals surface area contributed by atoms with E-state index < -0.39 is 8.32 Å². The van der Waals surface area contributed by atoms with Crippen LogP contribution in [0.3, 0.4) is 0 Å². The van der Waals surface area contributed by atoms with Crippen molar-refractivity contribution in [1.82, 2.24) is 5.01 Å². The highest BCUT2D eigenvalue weighted by molar-refractivity contribution is 6.74. The molecule has 19 heavy (non-hydrogen) atoms. The monoisotopic (exact) mass is 286 g/mol. The number of hydrogen-bond acceptors (Lipinski definition) is 4. The largest absolute Gasteiger partial charge is 0.415 e. The van der Waals surface area contributed by atoms with Crippen molar-refractivity contribution in [1.29, 1.82) is 0 Å². The predicted octanol–water partition coefficient (Wildman–Crippen LogP) is 1.98. The summed E-state index contributed by atoms with van der Waals surface area (Å²) in [5, 5.41) is 14.8. The second-order valence-corrected chi connectivity index (χ2v) is 11.3. The molecule has 1 N–H and O–H groups in total. The van der Waals surface area contributed by atoms with Gasteiger partial charge in [0.1, 0.15) is 0 Å². The summed E-state index contributed by atoms with van der Waals surface area (Å²) in [6.07, 6.45) is 0.994. The lowest BCUT2D eigenvalue weighted by atomic mass is 10.2. The van der Waals surface area contributed by atoms with E-state index in [0.717, 1.165) is 0 Å². The molecule has 6 heteroatoms. The van der Waals surface area contributed by atoms with Crippen LogP contribution in [0.4, 0.5) is 0 Å². The van der Waals surface area contributed by atoms with E-state index in [0.29, 0.717) is 31.7 Å². The number of hydrogen-bond donors (Lipinski definition) is 1. The molecule has 0 fully saturated rings. The fraction of sp³-hybridized carbons (Fsp3) is 0.846. The van der Waals surface area contributed by atoms with Gasteiger partial charge in [0.05, 0.1) is 25.5 Å². The van der Waals surface area contributed by atoms with Gasteiger partial charge in [-0.2, -0.15) is 5.10 Å². The third kappa shape index (κ3) is 4.40. The molecular formula is C13H26N2O3Si. The van der Waals surface area contributed by atoms with Gasteiger partial charge in [-0.1, -0.05) is 20.8 Å². The van der Waals surface area contributed by atoms with Gasteiger partial charge in [-0.25, -0.2) is 5.01 Å². The normalized spacial score (nSPS) is 17.7. The molecule has 0 aromatic heterocycles. The Labute approximate surface area is 116 Å². The SMILES string of the molecule is CC(C)(C)[Si](C)(C)OCCN1N=C(CO)CCC1=O. The quantitative estimate of drug-likeness (QED) is 0.786. The van der Waals surface area contributed by atoms with Crippen LogP contribution in [0.15, 0.2) is 5.10 Å². The van der Waals surface area contributed by atoms with Gasteiger partial charge in [-0.3, -0.25) is 4.79 Å². The fourth-order valence-electron chi connectivity index (χ4n) is 1.55. The topological polar surface area (TPSA) is 62.1 Å². The minimum absolute atomic E-state index is 0.0102. The van der Waals surface area contributed by atoms with Crippen molar-refractivity contribution in [3.8, 4) is 0 Å². The zero-order chi connectivity index (χ0) is 14.7. The summed E-state index contributed by atoms with van der Waals surface area (Å²) < 4.78 is 6.03. The van der Waals surface area contributed by atoms with Crippen LogP contribution in [0.1, 0.15) is 33.6 Å². The number of carbonyl (C=O) groups is 1. The summed E-state index contributed by atoms with van der Waals surface area (Å²) in [5.41, 5.74) is 0.673. The van der Waals surface area contributed by atoms with Crippen LogP contribution in [-0.4, -0.2) is 49.8 Å². The summed E-state index contributed by atoms with van der Waals surface area (Å²) >= 11 is 0. The van der Waals surface area contributed by atoms with Gasteiger partial charge in [0.25, 0.3) is 0 Å². The molecule has 110 valence electrons. The van der Waals surface area contributed by atoms with Crippen molar-refractivity contribution in [3.63, 3.8) is 0 Å². The molecule has 0 aromatic rings. The maximum Gasteiger partial charge on any atom is 0.243 e. The van der Waals surface area contributed by atoms with E-state index in [1.807, 2.05) is 0 Å². The first-order valence-corrected chi connectivity index (χ1v) is 9.70. The lowest BCUT2D eigenvalue weighted by Gasteiger charge is -2.36. The number of carbonyl (C=O) groups excluding carboxylic acids is 1. The Hall–Kier alpha value is -0.723. The Kier molecular flexibility index (Phi) is 5.29. The molecule has 0 aromatic carbocycles. The molecular weight excluding hydrogens is 260 g/mol. The molecule has 1 rings (SSSR count). The molecule has 5 nitrogen and oxygen atoms in total. The Bertz CT molecular complexity index is 361. The number of aliphatic hydroxyl groups is 1. The second kappa shape index (κ2) is 6.15. The molecule has 1 amide bonds. The predicted molar refractivity (Wildman–Crippen MR) is 78.6 cm³/mol. The summed E-state index contributed by atoms with van der Waals surface area (Å²) in [7, 11) is -1.77. The Morgan fingerprint density at radius 3 is 2.53 bits per heavy atom. The molecule has 0 atom stereocenters. The molecule has 0 saturated carbocycles. The number of rotatable bonds is 5. The van der Waals surface area contributed by atoms with Gasteiger partial charge in [0, 0.05) is 6.42 Å². The molecule has 0 spiro atoms. The maximum atomic E-state index is 11.7.